The first-order valence-corrected chi connectivity index (χ1v) is 17.0. The number of para-hydroxylation sites is 3. The van der Waals surface area contributed by atoms with Crippen molar-refractivity contribution >= 4 is 59.9 Å². The zero-order valence-corrected chi connectivity index (χ0v) is 27.0. The molecule has 0 bridgehead atoms. The Bertz CT molecular complexity index is 3060. The van der Waals surface area contributed by atoms with Crippen molar-refractivity contribution in [2.45, 2.75) is 0 Å². The first-order valence-electron chi connectivity index (χ1n) is 17.0. The van der Waals surface area contributed by atoms with Gasteiger partial charge in [0.15, 0.2) is 0 Å². The molecule has 11 aromatic rings. The zero-order chi connectivity index (χ0) is 32.8. The lowest BCUT2D eigenvalue weighted by Crippen LogP contribution is -2.04. The summed E-state index contributed by atoms with van der Waals surface area (Å²) < 4.78 is 4.75. The summed E-state index contributed by atoms with van der Waals surface area (Å²) in [6.45, 7) is 0. The van der Waals surface area contributed by atoms with E-state index in [0.717, 1.165) is 33.5 Å². The Hall–Kier alpha value is -6.78. The number of aromatic nitrogens is 4. The van der Waals surface area contributed by atoms with Crippen molar-refractivity contribution in [3.8, 4) is 39.6 Å². The fraction of sp³-hybridized carbons (Fsp3) is 0. The lowest BCUT2D eigenvalue weighted by molar-refractivity contribution is 0.998. The second kappa shape index (κ2) is 10.4. The maximum Gasteiger partial charge on any atom is 0.235 e. The zero-order valence-electron chi connectivity index (χ0n) is 27.0. The highest BCUT2D eigenvalue weighted by atomic mass is 15.2. The lowest BCUT2D eigenvalue weighted by Gasteiger charge is -2.13. The van der Waals surface area contributed by atoms with Crippen molar-refractivity contribution in [3.63, 3.8) is 0 Å². The topological polar surface area (TPSA) is 35.1 Å². The van der Waals surface area contributed by atoms with Crippen LogP contribution >= 0.6 is 0 Å². The molecule has 0 atom stereocenters. The molecule has 0 fully saturated rings. The number of benzene rings is 7. The summed E-state index contributed by atoms with van der Waals surface area (Å²) in [5, 5.41) is 7.36. The normalized spacial score (nSPS) is 12.0. The van der Waals surface area contributed by atoms with Gasteiger partial charge >= 0.3 is 0 Å². The maximum absolute atomic E-state index is 5.39. The summed E-state index contributed by atoms with van der Waals surface area (Å²) >= 11 is 0. The molecule has 0 aliphatic rings. The summed E-state index contributed by atoms with van der Waals surface area (Å²) in [7, 11) is 0. The van der Waals surface area contributed by atoms with Crippen LogP contribution in [0, 0.1) is 0 Å². The van der Waals surface area contributed by atoms with Crippen molar-refractivity contribution < 1.29 is 0 Å². The van der Waals surface area contributed by atoms with Gasteiger partial charge in [0.25, 0.3) is 0 Å². The monoisotopic (exact) mass is 636 g/mol. The average Bonchev–Trinajstić information content (AvgIpc) is 3.83. The lowest BCUT2D eigenvalue weighted by atomic mass is 10.0. The molecule has 0 N–H and O–H groups in total. The fourth-order valence-corrected chi connectivity index (χ4v) is 8.07. The molecule has 0 aliphatic heterocycles. The molecule has 0 amide bonds. The van der Waals surface area contributed by atoms with Crippen LogP contribution in [-0.2, 0) is 0 Å². The molecule has 0 aliphatic carbocycles. The van der Waals surface area contributed by atoms with Gasteiger partial charge in [-0.1, -0.05) is 140 Å². The van der Waals surface area contributed by atoms with Crippen LogP contribution in [0.2, 0.25) is 0 Å². The number of nitrogens with zero attached hydrogens (tertiary/aromatic N) is 4. The van der Waals surface area contributed by atoms with Gasteiger partial charge < -0.3 is 4.40 Å². The van der Waals surface area contributed by atoms with Crippen molar-refractivity contribution in [3.05, 3.63) is 170 Å². The van der Waals surface area contributed by atoms with Gasteiger partial charge in [0, 0.05) is 43.4 Å². The molecule has 7 aromatic carbocycles. The van der Waals surface area contributed by atoms with Crippen molar-refractivity contribution in [1.29, 1.82) is 0 Å². The molecule has 0 saturated carbocycles. The van der Waals surface area contributed by atoms with Crippen molar-refractivity contribution in [2.24, 2.45) is 0 Å². The Balaban J connectivity index is 1.26. The van der Waals surface area contributed by atoms with Gasteiger partial charge in [-0.3, -0.25) is 4.57 Å². The Labute approximate surface area is 287 Å². The van der Waals surface area contributed by atoms with Crippen LogP contribution < -0.4 is 0 Å². The standard InChI is InChI=1S/C46H28N4/c1-3-13-29(14-4-1)30-23-25-32(26-24-30)39-28-38(31-15-5-2-6-16-31)47-46(48-39)50-41-21-11-8-18-34(41)37-27-36-33-17-7-10-20-40(33)49-42-22-12-9-19-35(42)43(44(36)49)45(37)50/h1-28H. The van der Waals surface area contributed by atoms with Gasteiger partial charge in [-0.05, 0) is 41.5 Å². The Morgan fingerprint density at radius 1 is 0.340 bits per heavy atom. The quantitative estimate of drug-likeness (QED) is 0.193. The molecule has 4 heterocycles. The molecule has 232 valence electrons. The number of hydrogen-bond acceptors (Lipinski definition) is 2. The maximum atomic E-state index is 5.39. The predicted molar refractivity (Wildman–Crippen MR) is 207 cm³/mol. The summed E-state index contributed by atoms with van der Waals surface area (Å²) in [5.74, 6) is 0.655. The second-order valence-corrected chi connectivity index (χ2v) is 13.0. The molecule has 4 heteroatoms. The molecule has 11 rings (SSSR count). The van der Waals surface area contributed by atoms with Crippen LogP contribution in [0.1, 0.15) is 0 Å². The van der Waals surface area contributed by atoms with Gasteiger partial charge in [-0.15, -0.1) is 0 Å². The van der Waals surface area contributed by atoms with Crippen LogP contribution in [0.5, 0.6) is 0 Å². The van der Waals surface area contributed by atoms with E-state index in [2.05, 4.69) is 173 Å². The number of hydrogen-bond donors (Lipinski definition) is 0. The third kappa shape index (κ3) is 3.81. The van der Waals surface area contributed by atoms with E-state index in [1.54, 1.807) is 0 Å². The van der Waals surface area contributed by atoms with Crippen molar-refractivity contribution in [2.75, 3.05) is 0 Å². The molecular formula is C46H28N4. The highest BCUT2D eigenvalue weighted by Gasteiger charge is 2.25. The molecule has 50 heavy (non-hydrogen) atoms. The number of rotatable bonds is 4. The second-order valence-electron chi connectivity index (χ2n) is 13.0. The van der Waals surface area contributed by atoms with E-state index in [9.17, 15) is 0 Å². The first kappa shape index (κ1) is 27.2. The fourth-order valence-electron chi connectivity index (χ4n) is 8.07. The number of fused-ring (bicyclic) bond motifs is 10. The van der Waals surface area contributed by atoms with Crippen LogP contribution in [-0.4, -0.2) is 18.9 Å². The first-order chi connectivity index (χ1) is 24.8. The van der Waals surface area contributed by atoms with Crippen LogP contribution in [0.4, 0.5) is 0 Å². The summed E-state index contributed by atoms with van der Waals surface area (Å²) in [4.78, 5) is 10.7. The molecule has 0 spiro atoms. The van der Waals surface area contributed by atoms with Gasteiger partial charge in [-0.2, -0.15) is 0 Å². The molecule has 4 aromatic heterocycles. The molecule has 0 unspecified atom stereocenters. The van der Waals surface area contributed by atoms with Gasteiger partial charge in [-0.25, -0.2) is 9.97 Å². The van der Waals surface area contributed by atoms with E-state index in [1.165, 1.54) is 60.0 Å². The third-order valence-corrected chi connectivity index (χ3v) is 10.3. The van der Waals surface area contributed by atoms with E-state index in [0.29, 0.717) is 5.95 Å². The highest BCUT2D eigenvalue weighted by molar-refractivity contribution is 6.34. The SMILES string of the molecule is c1ccc(-c2ccc(-c3cc(-c4ccccc4)nc(-n4c5ccccc5c5cc6c7ccccc7n7c8ccccc8c(c54)c67)n3)cc2)cc1. The van der Waals surface area contributed by atoms with Gasteiger partial charge in [0.05, 0.1) is 39.0 Å². The Kier molecular flexibility index (Phi) is 5.63. The molecular weight excluding hydrogens is 609 g/mol. The molecule has 4 nitrogen and oxygen atoms in total. The molecule has 0 saturated heterocycles. The Morgan fingerprint density at radius 2 is 0.800 bits per heavy atom. The Morgan fingerprint density at radius 3 is 1.48 bits per heavy atom. The summed E-state index contributed by atoms with van der Waals surface area (Å²) in [5.41, 5.74) is 12.1. The average molecular weight is 637 g/mol. The minimum absolute atomic E-state index is 0.655. The largest absolute Gasteiger partial charge is 0.308 e. The van der Waals surface area contributed by atoms with Crippen LogP contribution in [0.25, 0.3) is 99.5 Å². The smallest absolute Gasteiger partial charge is 0.235 e. The van der Waals surface area contributed by atoms with Gasteiger partial charge in [0.1, 0.15) is 0 Å². The summed E-state index contributed by atoms with van der Waals surface area (Å²) in [6.07, 6.45) is 0. The highest BCUT2D eigenvalue weighted by Crippen LogP contribution is 2.46. The minimum Gasteiger partial charge on any atom is -0.308 e. The minimum atomic E-state index is 0.655. The van der Waals surface area contributed by atoms with Gasteiger partial charge in [0.2, 0.25) is 5.95 Å². The van der Waals surface area contributed by atoms with E-state index >= 15 is 0 Å². The van der Waals surface area contributed by atoms with E-state index < -0.39 is 0 Å². The van der Waals surface area contributed by atoms with Crippen LogP contribution in [0.3, 0.4) is 0 Å². The summed E-state index contributed by atoms with van der Waals surface area (Å²) in [6, 6.07) is 60.4. The van der Waals surface area contributed by atoms with Crippen molar-refractivity contribution in [1.82, 2.24) is 18.9 Å². The van der Waals surface area contributed by atoms with E-state index in [4.69, 9.17) is 9.97 Å². The van der Waals surface area contributed by atoms with Crippen LogP contribution in [0.15, 0.2) is 170 Å². The van der Waals surface area contributed by atoms with E-state index in [-0.39, 0.29) is 0 Å². The predicted octanol–water partition coefficient (Wildman–Crippen LogP) is 11.7. The third-order valence-electron chi connectivity index (χ3n) is 10.3. The molecule has 0 radical (unpaired) electrons. The van der Waals surface area contributed by atoms with E-state index in [1.807, 2.05) is 6.07 Å².